The molecule has 0 aliphatic rings. The van der Waals surface area contributed by atoms with Gasteiger partial charge in [0.1, 0.15) is 0 Å². The first-order valence-electron chi connectivity index (χ1n) is 11.9. The number of methoxy groups -OCH3 is 1. The van der Waals surface area contributed by atoms with Crippen LogP contribution in [0.25, 0.3) is 0 Å². The van der Waals surface area contributed by atoms with E-state index in [1.54, 1.807) is 0 Å². The molecule has 0 aliphatic heterocycles. The molecule has 0 fully saturated rings. The minimum absolute atomic E-state index is 0.169. The molecule has 5 heteroatoms. The van der Waals surface area contributed by atoms with E-state index in [4.69, 9.17) is 9.16 Å². The molecular weight excluding hydrogens is 483 g/mol. The fourth-order valence-electron chi connectivity index (χ4n) is 3.73. The molecule has 0 amide bonds. The Morgan fingerprint density at radius 2 is 1.38 bits per heavy atom. The number of hydrogen-bond donors (Lipinski definition) is 0. The molecule has 0 saturated carbocycles. The van der Waals surface area contributed by atoms with Gasteiger partial charge in [-0.1, -0.05) is 0 Å². The van der Waals surface area contributed by atoms with Crippen LogP contribution >= 0.6 is 0 Å². The topological polar surface area (TPSA) is 35.5 Å². The summed E-state index contributed by atoms with van der Waals surface area (Å²) in [6.07, 6.45) is 10.4. The van der Waals surface area contributed by atoms with Crippen LogP contribution in [0, 0.1) is 0 Å². The Labute approximate surface area is 187 Å². The van der Waals surface area contributed by atoms with Crippen LogP contribution in [0.3, 0.4) is 0 Å². The van der Waals surface area contributed by atoms with Gasteiger partial charge in [0.25, 0.3) is 0 Å². The third kappa shape index (κ3) is 10.4. The van der Waals surface area contributed by atoms with Crippen molar-refractivity contribution >= 4 is 32.7 Å². The third-order valence-electron chi connectivity index (χ3n) is 6.84. The quantitative estimate of drug-likeness (QED) is 0.122. The Kier molecular flexibility index (Phi) is 14.4. The summed E-state index contributed by atoms with van der Waals surface area (Å²) < 4.78 is 17.2. The van der Waals surface area contributed by atoms with Crippen LogP contribution in [0.1, 0.15) is 86.5 Å². The van der Waals surface area contributed by atoms with Crippen LogP contribution in [-0.4, -0.2) is 46.4 Å². The van der Waals surface area contributed by atoms with Crippen LogP contribution < -0.4 is 0 Å². The SMILES string of the molecule is CCC[CH2][Sn]([CH2]CCC)([CH2]CCC)/[C](=C/C(=O)OC)CCO[Si](C)(C)C(C)(C)C. The number of hydrogen-bond acceptors (Lipinski definition) is 3. The van der Waals surface area contributed by atoms with Crippen molar-refractivity contribution in [1.29, 1.82) is 0 Å². The Morgan fingerprint density at radius 3 is 1.72 bits per heavy atom. The van der Waals surface area contributed by atoms with Gasteiger partial charge < -0.3 is 0 Å². The summed E-state index contributed by atoms with van der Waals surface area (Å²) in [5.74, 6) is -0.169. The molecule has 0 bridgehead atoms. The zero-order valence-corrected chi connectivity index (χ0v) is 24.9. The van der Waals surface area contributed by atoms with Crippen molar-refractivity contribution in [2.75, 3.05) is 13.7 Å². The summed E-state index contributed by atoms with van der Waals surface area (Å²) in [4.78, 5) is 12.3. The van der Waals surface area contributed by atoms with E-state index in [1.807, 2.05) is 6.08 Å². The van der Waals surface area contributed by atoms with Gasteiger partial charge in [0.05, 0.1) is 0 Å². The van der Waals surface area contributed by atoms with Crippen molar-refractivity contribution in [3.8, 4) is 0 Å². The number of unbranched alkanes of at least 4 members (excludes halogenated alkanes) is 3. The number of rotatable bonds is 15. The predicted molar refractivity (Wildman–Crippen MR) is 133 cm³/mol. The molecule has 0 heterocycles. The normalized spacial score (nSPS) is 13.6. The van der Waals surface area contributed by atoms with Crippen molar-refractivity contribution < 1.29 is 14.0 Å². The summed E-state index contributed by atoms with van der Waals surface area (Å²) in [5, 5.41) is 0.215. The molecule has 3 nitrogen and oxygen atoms in total. The van der Waals surface area contributed by atoms with E-state index >= 15 is 0 Å². The van der Waals surface area contributed by atoms with Crippen molar-refractivity contribution in [2.24, 2.45) is 0 Å². The van der Waals surface area contributed by atoms with Gasteiger partial charge in [-0.05, 0) is 0 Å². The van der Waals surface area contributed by atoms with Gasteiger partial charge in [-0.3, -0.25) is 0 Å². The van der Waals surface area contributed by atoms with Crippen LogP contribution in [0.2, 0.25) is 31.4 Å². The zero-order valence-electron chi connectivity index (χ0n) is 21.1. The summed E-state index contributed by atoms with van der Waals surface area (Å²) in [6, 6.07) is 0. The van der Waals surface area contributed by atoms with Gasteiger partial charge >= 0.3 is 188 Å². The second kappa shape index (κ2) is 14.3. The molecule has 0 radical (unpaired) electrons. The second-order valence-electron chi connectivity index (χ2n) is 10.1. The van der Waals surface area contributed by atoms with Gasteiger partial charge in [0, 0.05) is 0 Å². The number of carbonyl (C=O) groups excluding carboxylic acids is 1. The maximum atomic E-state index is 12.3. The molecule has 0 aromatic rings. The van der Waals surface area contributed by atoms with Crippen molar-refractivity contribution in [1.82, 2.24) is 0 Å². The summed E-state index contributed by atoms with van der Waals surface area (Å²) in [7, 11) is -0.271. The van der Waals surface area contributed by atoms with Crippen LogP contribution in [0.4, 0.5) is 0 Å². The first kappa shape index (κ1) is 29.2. The Hall–Kier alpha value is 0.186. The van der Waals surface area contributed by atoms with Crippen molar-refractivity contribution in [3.05, 3.63) is 9.67 Å². The summed E-state index contributed by atoms with van der Waals surface area (Å²) >= 11 is -2.64. The maximum absolute atomic E-state index is 12.3. The van der Waals surface area contributed by atoms with Gasteiger partial charge in [-0.25, -0.2) is 0 Å². The number of esters is 1. The van der Waals surface area contributed by atoms with Gasteiger partial charge in [0.2, 0.25) is 0 Å². The average molecular weight is 533 g/mol. The molecule has 0 saturated heterocycles. The Bertz CT molecular complexity index is 473. The zero-order chi connectivity index (χ0) is 22.6. The van der Waals surface area contributed by atoms with E-state index in [2.05, 4.69) is 54.6 Å². The van der Waals surface area contributed by atoms with Crippen LogP contribution in [-0.2, 0) is 14.0 Å². The van der Waals surface area contributed by atoms with Crippen molar-refractivity contribution in [3.63, 3.8) is 0 Å². The van der Waals surface area contributed by atoms with E-state index in [0.29, 0.717) is 0 Å². The predicted octanol–water partition coefficient (Wildman–Crippen LogP) is 7.89. The monoisotopic (exact) mass is 534 g/mol. The first-order valence-corrected chi connectivity index (χ1v) is 22.3. The average Bonchev–Trinajstić information content (AvgIpc) is 2.65. The fraction of sp³-hybridized carbons (Fsp3) is 0.875. The van der Waals surface area contributed by atoms with Gasteiger partial charge in [-0.15, -0.1) is 0 Å². The third-order valence-corrected chi connectivity index (χ3v) is 27.6. The van der Waals surface area contributed by atoms with E-state index in [0.717, 1.165) is 13.0 Å². The number of ether oxygens (including phenoxy) is 1. The van der Waals surface area contributed by atoms with E-state index < -0.39 is 26.7 Å². The molecule has 0 spiro atoms. The fourth-order valence-corrected chi connectivity index (χ4v) is 21.5. The first-order chi connectivity index (χ1) is 13.5. The van der Waals surface area contributed by atoms with Crippen molar-refractivity contribution in [2.45, 2.75) is 118 Å². The van der Waals surface area contributed by atoms with E-state index in [1.165, 1.54) is 62.5 Å². The molecule has 0 atom stereocenters. The van der Waals surface area contributed by atoms with Gasteiger partial charge in [-0.2, -0.15) is 0 Å². The molecule has 0 N–H and O–H groups in total. The molecule has 0 aliphatic carbocycles. The van der Waals surface area contributed by atoms with E-state index in [-0.39, 0.29) is 11.0 Å². The molecule has 0 unspecified atom stereocenters. The van der Waals surface area contributed by atoms with Crippen LogP contribution in [0.5, 0.6) is 0 Å². The molecule has 172 valence electrons. The molecule has 0 aromatic heterocycles. The molecular formula is C24H50O3SiSn. The summed E-state index contributed by atoms with van der Waals surface area (Å²) in [5.41, 5.74) is 0. The van der Waals surface area contributed by atoms with Crippen LogP contribution in [0.15, 0.2) is 9.67 Å². The molecule has 0 rings (SSSR count). The Balaban J connectivity index is 5.79. The second-order valence-corrected chi connectivity index (χ2v) is 28.4. The molecule has 0 aromatic carbocycles. The Morgan fingerprint density at radius 1 is 0.931 bits per heavy atom. The summed E-state index contributed by atoms with van der Waals surface area (Å²) in [6.45, 7) is 19.1. The van der Waals surface area contributed by atoms with E-state index in [9.17, 15) is 4.79 Å². The minimum atomic E-state index is -2.64. The van der Waals surface area contributed by atoms with Gasteiger partial charge in [0.15, 0.2) is 0 Å². The molecule has 29 heavy (non-hydrogen) atoms. The number of carbonyl (C=O) groups is 1. The standard InChI is InChI=1S/C12H23O3Si.3C4H9.Sn/c1-12(2,3)16(5,6)15-10-8-7-9-11(13)14-4;3*1-3-4-2;/h9H,8,10H2,1-6H3;3*1,3-4H2,2H3;.